The molecule has 0 aliphatic carbocycles. The van der Waals surface area contributed by atoms with E-state index >= 15 is 0 Å². The van der Waals surface area contributed by atoms with E-state index in [0.29, 0.717) is 11.9 Å². The smallest absolute Gasteiger partial charge is 0.222 e. The van der Waals surface area contributed by atoms with Crippen LogP contribution in [0, 0.1) is 0 Å². The van der Waals surface area contributed by atoms with E-state index in [1.54, 1.807) is 0 Å². The number of nitrogens with one attached hydrogen (secondary N) is 1. The number of likely N-dealkylation sites (N-methyl/N-ethyl adjacent to an activating group) is 1. The molecule has 0 spiro atoms. The predicted octanol–water partition coefficient (Wildman–Crippen LogP) is 1.43. The van der Waals surface area contributed by atoms with Gasteiger partial charge in [-0.2, -0.15) is 0 Å². The molecule has 2 heterocycles. The van der Waals surface area contributed by atoms with Gasteiger partial charge in [0.25, 0.3) is 0 Å². The third-order valence-electron chi connectivity index (χ3n) is 3.59. The Bertz CT molecular complexity index is 395. The van der Waals surface area contributed by atoms with Gasteiger partial charge in [0.05, 0.1) is 0 Å². The highest BCUT2D eigenvalue weighted by atomic mass is 15.1. The summed E-state index contributed by atoms with van der Waals surface area (Å²) in [4.78, 5) is 11.1. The molecule has 0 radical (unpaired) electrons. The first-order valence-corrected chi connectivity index (χ1v) is 6.97. The SMILES string of the molecule is CN1CCC(c2cnc(NCCC(C)(C)N)nc2)C1. The summed E-state index contributed by atoms with van der Waals surface area (Å²) in [6.07, 6.45) is 6.00. The summed E-state index contributed by atoms with van der Waals surface area (Å²) in [5, 5.41) is 3.22. The minimum atomic E-state index is -0.151. The van der Waals surface area contributed by atoms with Crippen molar-refractivity contribution in [2.75, 3.05) is 32.0 Å². The number of rotatable bonds is 5. The summed E-state index contributed by atoms with van der Waals surface area (Å²) in [5.74, 6) is 1.28. The number of nitrogens with zero attached hydrogens (tertiary/aromatic N) is 3. The highest BCUT2D eigenvalue weighted by Gasteiger charge is 2.21. The number of aromatic nitrogens is 2. The average molecular weight is 263 g/mol. The first-order valence-electron chi connectivity index (χ1n) is 6.97. The lowest BCUT2D eigenvalue weighted by atomic mass is 10.0. The van der Waals surface area contributed by atoms with Crippen molar-refractivity contribution in [1.82, 2.24) is 14.9 Å². The molecular weight excluding hydrogens is 238 g/mol. The van der Waals surface area contributed by atoms with E-state index in [0.717, 1.165) is 26.1 Å². The lowest BCUT2D eigenvalue weighted by Crippen LogP contribution is -2.34. The van der Waals surface area contributed by atoms with Crippen molar-refractivity contribution in [3.8, 4) is 0 Å². The molecule has 3 N–H and O–H groups in total. The molecule has 0 aromatic carbocycles. The van der Waals surface area contributed by atoms with Gasteiger partial charge in [-0.3, -0.25) is 0 Å². The Morgan fingerprint density at radius 1 is 1.42 bits per heavy atom. The number of anilines is 1. The Morgan fingerprint density at radius 2 is 2.11 bits per heavy atom. The molecule has 1 saturated heterocycles. The maximum Gasteiger partial charge on any atom is 0.222 e. The normalized spacial score (nSPS) is 20.7. The number of hydrogen-bond donors (Lipinski definition) is 2. The molecule has 5 nitrogen and oxygen atoms in total. The van der Waals surface area contributed by atoms with Gasteiger partial charge in [-0.1, -0.05) is 0 Å². The van der Waals surface area contributed by atoms with Crippen LogP contribution in [0.4, 0.5) is 5.95 Å². The van der Waals surface area contributed by atoms with E-state index in [2.05, 4.69) is 27.2 Å². The van der Waals surface area contributed by atoms with Crippen LogP contribution in [0.2, 0.25) is 0 Å². The van der Waals surface area contributed by atoms with Crippen LogP contribution in [0.1, 0.15) is 38.2 Å². The number of nitrogens with two attached hydrogens (primary N) is 1. The standard InChI is InChI=1S/C14H25N5/c1-14(2,15)5-6-16-13-17-8-12(9-18-13)11-4-7-19(3)10-11/h8-9,11H,4-7,10,15H2,1-3H3,(H,16,17,18). The third-order valence-corrected chi connectivity index (χ3v) is 3.59. The van der Waals surface area contributed by atoms with Crippen molar-refractivity contribution in [3.05, 3.63) is 18.0 Å². The van der Waals surface area contributed by atoms with E-state index in [1.165, 1.54) is 12.0 Å². The van der Waals surface area contributed by atoms with Crippen LogP contribution in [-0.2, 0) is 0 Å². The molecule has 0 amide bonds. The Morgan fingerprint density at radius 3 is 2.63 bits per heavy atom. The fraction of sp³-hybridized carbons (Fsp3) is 0.714. The van der Waals surface area contributed by atoms with Crippen LogP contribution < -0.4 is 11.1 Å². The minimum Gasteiger partial charge on any atom is -0.354 e. The fourth-order valence-electron chi connectivity index (χ4n) is 2.34. The van der Waals surface area contributed by atoms with Crippen LogP contribution in [0.5, 0.6) is 0 Å². The lowest BCUT2D eigenvalue weighted by Gasteiger charge is -2.18. The van der Waals surface area contributed by atoms with E-state index in [9.17, 15) is 0 Å². The van der Waals surface area contributed by atoms with Gasteiger partial charge < -0.3 is 16.0 Å². The summed E-state index contributed by atoms with van der Waals surface area (Å²) in [6.45, 7) is 7.12. The van der Waals surface area contributed by atoms with Gasteiger partial charge in [-0.05, 0) is 45.8 Å². The lowest BCUT2D eigenvalue weighted by molar-refractivity contribution is 0.411. The van der Waals surface area contributed by atoms with Crippen molar-refractivity contribution in [2.45, 2.75) is 38.1 Å². The number of likely N-dealkylation sites (tertiary alicyclic amines) is 1. The zero-order valence-corrected chi connectivity index (χ0v) is 12.2. The van der Waals surface area contributed by atoms with Gasteiger partial charge in [0.2, 0.25) is 5.95 Å². The Balaban J connectivity index is 1.85. The van der Waals surface area contributed by atoms with Gasteiger partial charge >= 0.3 is 0 Å². The van der Waals surface area contributed by atoms with Crippen LogP contribution in [0.15, 0.2) is 12.4 Å². The molecular formula is C14H25N5. The van der Waals surface area contributed by atoms with Gasteiger partial charge in [0.1, 0.15) is 0 Å². The molecule has 1 aliphatic heterocycles. The second-order valence-electron chi connectivity index (χ2n) is 6.25. The van der Waals surface area contributed by atoms with Crippen molar-refractivity contribution in [3.63, 3.8) is 0 Å². The average Bonchev–Trinajstić information content (AvgIpc) is 2.75. The van der Waals surface area contributed by atoms with Crippen LogP contribution in [0.25, 0.3) is 0 Å². The molecule has 2 rings (SSSR count). The first kappa shape index (κ1) is 14.2. The van der Waals surface area contributed by atoms with Crippen LogP contribution in [0.3, 0.4) is 0 Å². The number of hydrogen-bond acceptors (Lipinski definition) is 5. The fourth-order valence-corrected chi connectivity index (χ4v) is 2.34. The topological polar surface area (TPSA) is 67.1 Å². The largest absolute Gasteiger partial charge is 0.354 e. The summed E-state index contributed by atoms with van der Waals surface area (Å²) in [6, 6.07) is 0. The Labute approximate surface area is 115 Å². The summed E-state index contributed by atoms with van der Waals surface area (Å²) < 4.78 is 0. The summed E-state index contributed by atoms with van der Waals surface area (Å²) in [5.41, 5.74) is 7.03. The minimum absolute atomic E-state index is 0.151. The molecule has 106 valence electrons. The second kappa shape index (κ2) is 5.84. The third kappa shape index (κ3) is 4.44. The maximum absolute atomic E-state index is 5.93. The molecule has 1 aliphatic rings. The summed E-state index contributed by atoms with van der Waals surface area (Å²) in [7, 11) is 2.16. The Hall–Kier alpha value is -1.20. The van der Waals surface area contributed by atoms with E-state index < -0.39 is 0 Å². The zero-order chi connectivity index (χ0) is 13.9. The molecule has 1 fully saturated rings. The molecule has 1 aromatic rings. The molecule has 1 atom stereocenters. The molecule has 1 aromatic heterocycles. The highest BCUT2D eigenvalue weighted by molar-refractivity contribution is 5.26. The maximum atomic E-state index is 5.93. The van der Waals surface area contributed by atoms with Crippen LogP contribution in [-0.4, -0.2) is 47.1 Å². The van der Waals surface area contributed by atoms with Crippen molar-refractivity contribution < 1.29 is 0 Å². The summed E-state index contributed by atoms with van der Waals surface area (Å²) >= 11 is 0. The molecule has 19 heavy (non-hydrogen) atoms. The monoisotopic (exact) mass is 263 g/mol. The van der Waals surface area contributed by atoms with Gasteiger partial charge in [0, 0.05) is 36.9 Å². The molecule has 1 unspecified atom stereocenters. The molecule has 0 saturated carbocycles. The first-order chi connectivity index (χ1) is 8.94. The molecule has 5 heteroatoms. The molecule has 0 bridgehead atoms. The van der Waals surface area contributed by atoms with E-state index in [4.69, 9.17) is 5.73 Å². The van der Waals surface area contributed by atoms with E-state index in [1.807, 2.05) is 26.2 Å². The van der Waals surface area contributed by atoms with Crippen molar-refractivity contribution in [2.24, 2.45) is 5.73 Å². The van der Waals surface area contributed by atoms with Gasteiger partial charge in [-0.25, -0.2) is 9.97 Å². The predicted molar refractivity (Wildman–Crippen MR) is 78.3 cm³/mol. The quantitative estimate of drug-likeness (QED) is 0.841. The Kier molecular flexibility index (Phi) is 4.37. The van der Waals surface area contributed by atoms with Crippen LogP contribution >= 0.6 is 0 Å². The van der Waals surface area contributed by atoms with Gasteiger partial charge in [0.15, 0.2) is 0 Å². The highest BCUT2D eigenvalue weighted by Crippen LogP contribution is 2.25. The van der Waals surface area contributed by atoms with Crippen molar-refractivity contribution >= 4 is 5.95 Å². The van der Waals surface area contributed by atoms with Crippen molar-refractivity contribution in [1.29, 1.82) is 0 Å². The van der Waals surface area contributed by atoms with Gasteiger partial charge in [-0.15, -0.1) is 0 Å². The van der Waals surface area contributed by atoms with E-state index in [-0.39, 0.29) is 5.54 Å². The zero-order valence-electron chi connectivity index (χ0n) is 12.2. The second-order valence-corrected chi connectivity index (χ2v) is 6.25.